The lowest BCUT2D eigenvalue weighted by Crippen LogP contribution is -2.25. The quantitative estimate of drug-likeness (QED) is 0.928. The summed E-state index contributed by atoms with van der Waals surface area (Å²) in [7, 11) is 0. The molecule has 2 aromatic rings. The Morgan fingerprint density at radius 1 is 1.15 bits per heavy atom. The number of aliphatic hydroxyl groups excluding tert-OH is 1. The minimum Gasteiger partial charge on any atom is -0.384 e. The van der Waals surface area contributed by atoms with Gasteiger partial charge in [0.2, 0.25) is 5.91 Å². The third-order valence-corrected chi connectivity index (χ3v) is 3.78. The summed E-state index contributed by atoms with van der Waals surface area (Å²) in [6.45, 7) is 2.66. The monoisotopic (exact) mass is 267 g/mol. The topological polar surface area (TPSA) is 40.5 Å². The van der Waals surface area contributed by atoms with Crippen molar-refractivity contribution in [3.8, 4) is 0 Å². The van der Waals surface area contributed by atoms with E-state index in [0.29, 0.717) is 13.0 Å². The first-order valence-electron chi connectivity index (χ1n) is 6.87. The Kier molecular flexibility index (Phi) is 3.28. The van der Waals surface area contributed by atoms with Gasteiger partial charge in [0.1, 0.15) is 6.10 Å². The number of carbonyl (C=O) groups is 1. The van der Waals surface area contributed by atoms with Crippen LogP contribution in [0.2, 0.25) is 0 Å². The summed E-state index contributed by atoms with van der Waals surface area (Å²) >= 11 is 0. The third kappa shape index (κ3) is 2.10. The summed E-state index contributed by atoms with van der Waals surface area (Å²) in [5.74, 6) is 0.133. The summed E-state index contributed by atoms with van der Waals surface area (Å²) < 4.78 is 0. The zero-order valence-electron chi connectivity index (χ0n) is 11.4. The lowest BCUT2D eigenvalue weighted by atomic mass is 9.99. The molecule has 0 saturated heterocycles. The van der Waals surface area contributed by atoms with Gasteiger partial charge in [-0.05, 0) is 29.7 Å². The molecule has 2 aromatic carbocycles. The van der Waals surface area contributed by atoms with Crippen molar-refractivity contribution < 1.29 is 9.90 Å². The van der Waals surface area contributed by atoms with Gasteiger partial charge < -0.3 is 10.0 Å². The van der Waals surface area contributed by atoms with E-state index >= 15 is 0 Å². The van der Waals surface area contributed by atoms with E-state index in [1.807, 2.05) is 55.5 Å². The number of hydrogen-bond acceptors (Lipinski definition) is 2. The molecule has 1 amide bonds. The van der Waals surface area contributed by atoms with E-state index in [2.05, 4.69) is 0 Å². The van der Waals surface area contributed by atoms with Crippen LogP contribution in [-0.4, -0.2) is 17.6 Å². The first kappa shape index (κ1) is 12.9. The van der Waals surface area contributed by atoms with Crippen molar-refractivity contribution in [3.63, 3.8) is 0 Å². The fourth-order valence-electron chi connectivity index (χ4n) is 2.75. The van der Waals surface area contributed by atoms with E-state index in [1.165, 1.54) is 0 Å². The average Bonchev–Trinajstić information content (AvgIpc) is 2.81. The van der Waals surface area contributed by atoms with Crippen molar-refractivity contribution in [1.29, 1.82) is 0 Å². The molecule has 0 aromatic heterocycles. The van der Waals surface area contributed by atoms with E-state index < -0.39 is 6.10 Å². The van der Waals surface area contributed by atoms with E-state index in [4.69, 9.17) is 0 Å². The SMILES string of the molecule is CCN1C(=O)Cc2cc(C(O)c3ccccc3)ccc21. The maximum Gasteiger partial charge on any atom is 0.231 e. The van der Waals surface area contributed by atoms with Crippen LogP contribution in [0.1, 0.15) is 29.7 Å². The fraction of sp³-hybridized carbons (Fsp3) is 0.235. The molecule has 1 aliphatic rings. The van der Waals surface area contributed by atoms with Crippen LogP contribution in [0.3, 0.4) is 0 Å². The Morgan fingerprint density at radius 2 is 1.90 bits per heavy atom. The van der Waals surface area contributed by atoms with Gasteiger partial charge in [0.25, 0.3) is 0 Å². The van der Waals surface area contributed by atoms with Crippen molar-refractivity contribution in [3.05, 3.63) is 65.2 Å². The Labute approximate surface area is 118 Å². The smallest absolute Gasteiger partial charge is 0.231 e. The van der Waals surface area contributed by atoms with E-state index in [-0.39, 0.29) is 5.91 Å². The number of benzene rings is 2. The molecule has 0 aliphatic carbocycles. The van der Waals surface area contributed by atoms with Crippen LogP contribution in [-0.2, 0) is 11.2 Å². The van der Waals surface area contributed by atoms with Gasteiger partial charge in [-0.1, -0.05) is 42.5 Å². The van der Waals surface area contributed by atoms with Crippen LogP contribution in [0.15, 0.2) is 48.5 Å². The lowest BCUT2D eigenvalue weighted by Gasteiger charge is -2.16. The molecule has 1 N–H and O–H groups in total. The number of likely N-dealkylation sites (N-methyl/N-ethyl adjacent to an activating group) is 1. The molecular weight excluding hydrogens is 250 g/mol. The van der Waals surface area contributed by atoms with E-state index in [9.17, 15) is 9.90 Å². The van der Waals surface area contributed by atoms with Crippen molar-refractivity contribution in [1.82, 2.24) is 0 Å². The Balaban J connectivity index is 1.95. The molecule has 0 bridgehead atoms. The van der Waals surface area contributed by atoms with Gasteiger partial charge >= 0.3 is 0 Å². The number of anilines is 1. The Bertz CT molecular complexity index is 637. The minimum atomic E-state index is -0.646. The van der Waals surface area contributed by atoms with Crippen molar-refractivity contribution >= 4 is 11.6 Å². The summed E-state index contributed by atoms with van der Waals surface area (Å²) in [6.07, 6.45) is -0.217. The number of amides is 1. The maximum absolute atomic E-state index is 11.9. The van der Waals surface area contributed by atoms with Gasteiger partial charge in [-0.15, -0.1) is 0 Å². The highest BCUT2D eigenvalue weighted by atomic mass is 16.3. The summed E-state index contributed by atoms with van der Waals surface area (Å²) in [4.78, 5) is 13.7. The largest absolute Gasteiger partial charge is 0.384 e. The van der Waals surface area contributed by atoms with Gasteiger partial charge in [0, 0.05) is 12.2 Å². The fourth-order valence-corrected chi connectivity index (χ4v) is 2.75. The standard InChI is InChI=1S/C17H17NO2/c1-2-18-15-9-8-13(10-14(15)11-16(18)19)17(20)12-6-4-3-5-7-12/h3-10,17,20H,2,11H2,1H3. The molecule has 1 atom stereocenters. The zero-order chi connectivity index (χ0) is 14.1. The van der Waals surface area contributed by atoms with Crippen molar-refractivity contribution in [2.45, 2.75) is 19.4 Å². The van der Waals surface area contributed by atoms with Gasteiger partial charge in [-0.25, -0.2) is 0 Å². The molecule has 3 heteroatoms. The number of hydrogen-bond donors (Lipinski definition) is 1. The molecule has 0 spiro atoms. The van der Waals surface area contributed by atoms with Crippen LogP contribution in [0, 0.1) is 0 Å². The summed E-state index contributed by atoms with van der Waals surface area (Å²) in [5, 5.41) is 10.4. The second-order valence-corrected chi connectivity index (χ2v) is 5.02. The molecule has 1 aliphatic heterocycles. The predicted octanol–water partition coefficient (Wildman–Crippen LogP) is 2.68. The second kappa shape index (κ2) is 5.10. The third-order valence-electron chi connectivity index (χ3n) is 3.78. The Morgan fingerprint density at radius 3 is 2.60 bits per heavy atom. The highest BCUT2D eigenvalue weighted by Gasteiger charge is 2.26. The normalized spacial score (nSPS) is 15.3. The molecule has 0 saturated carbocycles. The van der Waals surface area contributed by atoms with Gasteiger partial charge in [0.05, 0.1) is 6.42 Å². The van der Waals surface area contributed by atoms with Gasteiger partial charge in [0.15, 0.2) is 0 Å². The molecule has 3 nitrogen and oxygen atoms in total. The predicted molar refractivity (Wildman–Crippen MR) is 78.7 cm³/mol. The van der Waals surface area contributed by atoms with Gasteiger partial charge in [-0.2, -0.15) is 0 Å². The first-order chi connectivity index (χ1) is 9.70. The van der Waals surface area contributed by atoms with Crippen molar-refractivity contribution in [2.24, 2.45) is 0 Å². The molecule has 3 rings (SSSR count). The number of nitrogens with zero attached hydrogens (tertiary/aromatic N) is 1. The molecule has 0 radical (unpaired) electrons. The van der Waals surface area contributed by atoms with Crippen LogP contribution >= 0.6 is 0 Å². The van der Waals surface area contributed by atoms with E-state index in [0.717, 1.165) is 22.4 Å². The Hall–Kier alpha value is -2.13. The number of fused-ring (bicyclic) bond motifs is 1. The van der Waals surface area contributed by atoms with E-state index in [1.54, 1.807) is 4.90 Å². The highest BCUT2D eigenvalue weighted by Crippen LogP contribution is 2.32. The van der Waals surface area contributed by atoms with Crippen molar-refractivity contribution in [2.75, 3.05) is 11.4 Å². The first-order valence-corrected chi connectivity index (χ1v) is 6.87. The summed E-state index contributed by atoms with van der Waals surface area (Å²) in [6, 6.07) is 15.3. The number of rotatable bonds is 3. The van der Waals surface area contributed by atoms with Gasteiger partial charge in [-0.3, -0.25) is 4.79 Å². The van der Waals surface area contributed by atoms with Crippen LogP contribution in [0.25, 0.3) is 0 Å². The second-order valence-electron chi connectivity index (χ2n) is 5.02. The lowest BCUT2D eigenvalue weighted by molar-refractivity contribution is -0.117. The summed E-state index contributed by atoms with van der Waals surface area (Å²) in [5.41, 5.74) is 3.68. The van der Waals surface area contributed by atoms with Crippen LogP contribution < -0.4 is 4.90 Å². The molecule has 0 fully saturated rings. The van der Waals surface area contributed by atoms with Crippen LogP contribution in [0.4, 0.5) is 5.69 Å². The molecule has 102 valence electrons. The molecule has 1 heterocycles. The molecular formula is C17H17NO2. The minimum absolute atomic E-state index is 0.133. The van der Waals surface area contributed by atoms with Crippen LogP contribution in [0.5, 0.6) is 0 Å². The number of aliphatic hydroxyl groups is 1. The average molecular weight is 267 g/mol. The molecule has 1 unspecified atom stereocenters. The maximum atomic E-state index is 11.9. The number of carbonyl (C=O) groups excluding carboxylic acids is 1. The molecule has 20 heavy (non-hydrogen) atoms. The zero-order valence-corrected chi connectivity index (χ0v) is 11.4. The highest BCUT2D eigenvalue weighted by molar-refractivity contribution is 6.01.